The number of ether oxygens (including phenoxy) is 1. The molecule has 2 heterocycles. The van der Waals surface area contributed by atoms with Gasteiger partial charge in [0.25, 0.3) is 5.91 Å². The number of anilines is 2. The zero-order valence-electron chi connectivity index (χ0n) is 14.6. The smallest absolute Gasteiger partial charge is 0.251 e. The van der Waals surface area contributed by atoms with Gasteiger partial charge in [0.05, 0.1) is 18.5 Å². The topological polar surface area (TPSA) is 70.7 Å². The zero-order chi connectivity index (χ0) is 18.1. The average molecular weight is 351 g/mol. The van der Waals surface area contributed by atoms with E-state index in [-0.39, 0.29) is 17.9 Å². The van der Waals surface area contributed by atoms with E-state index in [9.17, 15) is 9.59 Å². The number of nitrogens with one attached hydrogen (secondary N) is 2. The van der Waals surface area contributed by atoms with Crippen LogP contribution in [0.15, 0.2) is 42.5 Å². The zero-order valence-corrected chi connectivity index (χ0v) is 14.6. The van der Waals surface area contributed by atoms with Gasteiger partial charge < -0.3 is 20.3 Å². The van der Waals surface area contributed by atoms with Crippen molar-refractivity contribution in [2.24, 2.45) is 0 Å². The summed E-state index contributed by atoms with van der Waals surface area (Å²) in [6.45, 7) is 1.31. The van der Waals surface area contributed by atoms with Crippen LogP contribution in [-0.2, 0) is 11.3 Å². The van der Waals surface area contributed by atoms with E-state index in [0.29, 0.717) is 17.8 Å². The van der Waals surface area contributed by atoms with Gasteiger partial charge >= 0.3 is 0 Å². The summed E-state index contributed by atoms with van der Waals surface area (Å²) in [5.41, 5.74) is 3.24. The first kappa shape index (κ1) is 16.4. The molecule has 6 heteroatoms. The standard InChI is InChI=1S/C20H21N3O3/c1-26-15-7-4-13(5-8-15)12-21-19(24)14-6-9-17-16(11-14)22-20(25)18-3-2-10-23(17)18/h4-9,11,18H,2-3,10,12H2,1H3,(H,21,24)(H,22,25)/t18-/m1/s1. The van der Waals surface area contributed by atoms with E-state index >= 15 is 0 Å². The van der Waals surface area contributed by atoms with Crippen LogP contribution in [0.1, 0.15) is 28.8 Å². The van der Waals surface area contributed by atoms with Crippen molar-refractivity contribution in [1.29, 1.82) is 0 Å². The first-order chi connectivity index (χ1) is 12.7. The maximum atomic E-state index is 12.5. The molecule has 2 aromatic rings. The highest BCUT2D eigenvalue weighted by atomic mass is 16.5. The molecule has 2 amide bonds. The van der Waals surface area contributed by atoms with Crippen LogP contribution in [0.5, 0.6) is 5.75 Å². The van der Waals surface area contributed by atoms with Crippen molar-refractivity contribution in [1.82, 2.24) is 5.32 Å². The molecule has 0 aliphatic carbocycles. The Hall–Kier alpha value is -3.02. The fourth-order valence-electron chi connectivity index (χ4n) is 3.60. The van der Waals surface area contributed by atoms with E-state index in [1.165, 1.54) is 0 Å². The number of carbonyl (C=O) groups excluding carboxylic acids is 2. The van der Waals surface area contributed by atoms with Crippen LogP contribution in [0.2, 0.25) is 0 Å². The lowest BCUT2D eigenvalue weighted by molar-refractivity contribution is -0.117. The van der Waals surface area contributed by atoms with Crippen LogP contribution >= 0.6 is 0 Å². The minimum Gasteiger partial charge on any atom is -0.497 e. The summed E-state index contributed by atoms with van der Waals surface area (Å²) in [4.78, 5) is 26.8. The van der Waals surface area contributed by atoms with Crippen molar-refractivity contribution < 1.29 is 14.3 Å². The molecule has 0 radical (unpaired) electrons. The Labute approximate surface area is 152 Å². The monoisotopic (exact) mass is 351 g/mol. The van der Waals surface area contributed by atoms with Crippen molar-refractivity contribution in [3.8, 4) is 5.75 Å². The van der Waals surface area contributed by atoms with Crippen LogP contribution in [-0.4, -0.2) is 31.5 Å². The molecule has 0 saturated carbocycles. The lowest BCUT2D eigenvalue weighted by atomic mass is 10.1. The van der Waals surface area contributed by atoms with Crippen LogP contribution in [0.25, 0.3) is 0 Å². The summed E-state index contributed by atoms with van der Waals surface area (Å²) < 4.78 is 5.13. The van der Waals surface area contributed by atoms with E-state index < -0.39 is 0 Å². The van der Waals surface area contributed by atoms with Crippen LogP contribution in [0, 0.1) is 0 Å². The molecule has 1 atom stereocenters. The first-order valence-corrected chi connectivity index (χ1v) is 8.78. The summed E-state index contributed by atoms with van der Waals surface area (Å²) in [5, 5.41) is 5.85. The Bertz CT molecular complexity index is 848. The molecule has 2 aliphatic heterocycles. The molecule has 0 aromatic heterocycles. The number of nitrogens with zero attached hydrogens (tertiary/aromatic N) is 1. The van der Waals surface area contributed by atoms with Crippen molar-refractivity contribution >= 4 is 23.2 Å². The van der Waals surface area contributed by atoms with E-state index in [4.69, 9.17) is 4.74 Å². The van der Waals surface area contributed by atoms with Gasteiger partial charge in [0.1, 0.15) is 11.8 Å². The second-order valence-electron chi connectivity index (χ2n) is 6.60. The number of hydrogen-bond donors (Lipinski definition) is 2. The molecule has 134 valence electrons. The van der Waals surface area contributed by atoms with E-state index in [1.54, 1.807) is 13.2 Å². The largest absolute Gasteiger partial charge is 0.497 e. The molecule has 2 N–H and O–H groups in total. The van der Waals surface area contributed by atoms with E-state index in [1.807, 2.05) is 36.4 Å². The van der Waals surface area contributed by atoms with Gasteiger partial charge in [-0.1, -0.05) is 12.1 Å². The Balaban J connectivity index is 1.47. The molecule has 4 rings (SSSR count). The molecule has 2 aliphatic rings. The van der Waals surface area contributed by atoms with Crippen molar-refractivity contribution in [3.05, 3.63) is 53.6 Å². The van der Waals surface area contributed by atoms with Gasteiger partial charge in [0.15, 0.2) is 0 Å². The molecule has 26 heavy (non-hydrogen) atoms. The van der Waals surface area contributed by atoms with Gasteiger partial charge in [0.2, 0.25) is 5.91 Å². The fourth-order valence-corrected chi connectivity index (χ4v) is 3.60. The molecule has 6 nitrogen and oxygen atoms in total. The average Bonchev–Trinajstić information content (AvgIpc) is 3.17. The molecular weight excluding hydrogens is 330 g/mol. The van der Waals surface area contributed by atoms with Crippen molar-refractivity contribution in [2.75, 3.05) is 23.9 Å². The Morgan fingerprint density at radius 3 is 2.85 bits per heavy atom. The first-order valence-electron chi connectivity index (χ1n) is 8.78. The number of hydrogen-bond acceptors (Lipinski definition) is 4. The third kappa shape index (κ3) is 2.98. The molecule has 2 aromatic carbocycles. The summed E-state index contributed by atoms with van der Waals surface area (Å²) in [7, 11) is 1.62. The Morgan fingerprint density at radius 2 is 2.08 bits per heavy atom. The third-order valence-electron chi connectivity index (χ3n) is 4.99. The highest BCUT2D eigenvalue weighted by molar-refractivity contribution is 6.06. The van der Waals surface area contributed by atoms with Gasteiger partial charge in [-0.2, -0.15) is 0 Å². The van der Waals surface area contributed by atoms with Crippen LogP contribution < -0.4 is 20.3 Å². The highest BCUT2D eigenvalue weighted by Gasteiger charge is 2.36. The second-order valence-corrected chi connectivity index (χ2v) is 6.60. The molecular formula is C20H21N3O3. The van der Waals surface area contributed by atoms with Gasteiger partial charge in [-0.25, -0.2) is 0 Å². The number of methoxy groups -OCH3 is 1. The number of amides is 2. The van der Waals surface area contributed by atoms with Gasteiger partial charge in [0, 0.05) is 18.7 Å². The minimum absolute atomic E-state index is 0.0193. The number of benzene rings is 2. The van der Waals surface area contributed by atoms with E-state index in [0.717, 1.165) is 36.4 Å². The van der Waals surface area contributed by atoms with Gasteiger partial charge in [-0.15, -0.1) is 0 Å². The summed E-state index contributed by atoms with van der Waals surface area (Å²) in [6, 6.07) is 13.0. The Kier molecular flexibility index (Phi) is 4.24. The van der Waals surface area contributed by atoms with Gasteiger partial charge in [-0.3, -0.25) is 9.59 Å². The predicted octanol–water partition coefficient (Wildman–Crippen LogP) is 2.55. The van der Waals surface area contributed by atoms with Crippen molar-refractivity contribution in [2.45, 2.75) is 25.4 Å². The van der Waals surface area contributed by atoms with Crippen LogP contribution in [0.3, 0.4) is 0 Å². The minimum atomic E-state index is -0.165. The predicted molar refractivity (Wildman–Crippen MR) is 99.6 cm³/mol. The second kappa shape index (κ2) is 6.71. The molecule has 1 fully saturated rings. The summed E-state index contributed by atoms with van der Waals surface area (Å²) in [5.74, 6) is 0.637. The number of carbonyl (C=O) groups is 2. The molecule has 1 saturated heterocycles. The Morgan fingerprint density at radius 1 is 1.27 bits per heavy atom. The summed E-state index contributed by atoms with van der Waals surface area (Å²) in [6.07, 6.45) is 1.90. The van der Waals surface area contributed by atoms with Gasteiger partial charge in [-0.05, 0) is 48.7 Å². The lowest BCUT2D eigenvalue weighted by Crippen LogP contribution is -2.44. The SMILES string of the molecule is COc1ccc(CNC(=O)c2ccc3c(c2)NC(=O)[C@H]2CCCN32)cc1. The lowest BCUT2D eigenvalue weighted by Gasteiger charge is -2.33. The molecule has 0 unspecified atom stereocenters. The fraction of sp³-hybridized carbons (Fsp3) is 0.300. The summed E-state index contributed by atoms with van der Waals surface area (Å²) >= 11 is 0. The number of fused-ring (bicyclic) bond motifs is 3. The highest BCUT2D eigenvalue weighted by Crippen LogP contribution is 2.37. The third-order valence-corrected chi connectivity index (χ3v) is 4.99. The molecule has 0 spiro atoms. The maximum absolute atomic E-state index is 12.5. The normalized spacial score (nSPS) is 18.0. The van der Waals surface area contributed by atoms with Crippen molar-refractivity contribution in [3.63, 3.8) is 0 Å². The van der Waals surface area contributed by atoms with E-state index in [2.05, 4.69) is 15.5 Å². The van der Waals surface area contributed by atoms with Crippen LogP contribution in [0.4, 0.5) is 11.4 Å². The molecule has 0 bridgehead atoms. The maximum Gasteiger partial charge on any atom is 0.251 e. The quantitative estimate of drug-likeness (QED) is 0.888. The number of rotatable bonds is 4.